The van der Waals surface area contributed by atoms with Gasteiger partial charge in [0, 0.05) is 25.7 Å². The van der Waals surface area contributed by atoms with Gasteiger partial charge in [-0.1, -0.05) is 0 Å². The standard InChI is InChI=1S/C15H27N3O3/c1-15(2,3)21-14(20)17-9-6-11(7-10-17)18-8-4-5-12(16)13(18)19/h11-12H,4-10,16H2,1-3H3. The fourth-order valence-electron chi connectivity index (χ4n) is 2.98. The molecule has 1 unspecified atom stereocenters. The zero-order chi connectivity index (χ0) is 15.6. The zero-order valence-electron chi connectivity index (χ0n) is 13.3. The van der Waals surface area contributed by atoms with Crippen LogP contribution in [0.25, 0.3) is 0 Å². The molecule has 0 aromatic carbocycles. The zero-order valence-corrected chi connectivity index (χ0v) is 13.3. The molecule has 2 rings (SSSR count). The van der Waals surface area contributed by atoms with E-state index in [1.807, 2.05) is 25.7 Å². The van der Waals surface area contributed by atoms with Gasteiger partial charge in [0.25, 0.3) is 0 Å². The SMILES string of the molecule is CC(C)(C)OC(=O)N1CCC(N2CCCC(N)C2=O)CC1. The van der Waals surface area contributed by atoms with E-state index in [2.05, 4.69) is 0 Å². The molecule has 120 valence electrons. The van der Waals surface area contributed by atoms with Crippen LogP contribution >= 0.6 is 0 Å². The molecule has 0 aromatic heterocycles. The minimum atomic E-state index is -0.469. The van der Waals surface area contributed by atoms with Crippen molar-refractivity contribution < 1.29 is 14.3 Å². The monoisotopic (exact) mass is 297 g/mol. The molecule has 2 aliphatic rings. The molecule has 1 atom stereocenters. The average molecular weight is 297 g/mol. The highest BCUT2D eigenvalue weighted by Crippen LogP contribution is 2.22. The van der Waals surface area contributed by atoms with Crippen LogP contribution < -0.4 is 5.73 Å². The quantitative estimate of drug-likeness (QED) is 0.792. The van der Waals surface area contributed by atoms with E-state index in [0.717, 1.165) is 32.2 Å². The molecule has 6 nitrogen and oxygen atoms in total. The maximum absolute atomic E-state index is 12.1. The summed E-state index contributed by atoms with van der Waals surface area (Å²) in [5.74, 6) is 0.0666. The normalized spacial score (nSPS) is 25.1. The summed E-state index contributed by atoms with van der Waals surface area (Å²) in [6, 6.07) is -0.134. The second kappa shape index (κ2) is 6.22. The fraction of sp³-hybridized carbons (Fsp3) is 0.867. The lowest BCUT2D eigenvalue weighted by Gasteiger charge is -2.41. The van der Waals surface area contributed by atoms with Gasteiger partial charge >= 0.3 is 6.09 Å². The molecule has 0 bridgehead atoms. The van der Waals surface area contributed by atoms with E-state index in [1.54, 1.807) is 4.90 Å². The van der Waals surface area contributed by atoms with Crippen LogP contribution in [-0.2, 0) is 9.53 Å². The summed E-state index contributed by atoms with van der Waals surface area (Å²) in [5.41, 5.74) is 5.38. The Morgan fingerprint density at radius 3 is 2.38 bits per heavy atom. The number of carbonyl (C=O) groups excluding carboxylic acids is 2. The van der Waals surface area contributed by atoms with E-state index >= 15 is 0 Å². The van der Waals surface area contributed by atoms with Crippen molar-refractivity contribution in [1.82, 2.24) is 9.80 Å². The van der Waals surface area contributed by atoms with Crippen molar-refractivity contribution in [3.63, 3.8) is 0 Å². The topological polar surface area (TPSA) is 75.9 Å². The van der Waals surface area contributed by atoms with Gasteiger partial charge in [0.1, 0.15) is 5.60 Å². The first kappa shape index (κ1) is 16.1. The Kier molecular flexibility index (Phi) is 4.76. The molecule has 0 aromatic rings. The number of nitrogens with zero attached hydrogens (tertiary/aromatic N) is 2. The largest absolute Gasteiger partial charge is 0.444 e. The predicted molar refractivity (Wildman–Crippen MR) is 79.8 cm³/mol. The Morgan fingerprint density at radius 1 is 1.19 bits per heavy atom. The second-order valence-corrected chi connectivity index (χ2v) is 6.98. The summed E-state index contributed by atoms with van der Waals surface area (Å²) >= 11 is 0. The Morgan fingerprint density at radius 2 is 1.81 bits per heavy atom. The summed E-state index contributed by atoms with van der Waals surface area (Å²) in [7, 11) is 0. The minimum absolute atomic E-state index is 0.0666. The lowest BCUT2D eigenvalue weighted by atomic mass is 9.98. The highest BCUT2D eigenvalue weighted by atomic mass is 16.6. The molecule has 2 saturated heterocycles. The number of hydrogen-bond donors (Lipinski definition) is 1. The van der Waals surface area contributed by atoms with Crippen molar-refractivity contribution in [2.75, 3.05) is 19.6 Å². The van der Waals surface area contributed by atoms with Gasteiger partial charge in [0.15, 0.2) is 0 Å². The number of nitrogens with two attached hydrogens (primary N) is 1. The molecule has 0 spiro atoms. The van der Waals surface area contributed by atoms with Gasteiger partial charge in [-0.15, -0.1) is 0 Å². The van der Waals surface area contributed by atoms with Crippen molar-refractivity contribution in [2.24, 2.45) is 5.73 Å². The molecular formula is C15H27N3O3. The first-order chi connectivity index (χ1) is 9.78. The highest BCUT2D eigenvalue weighted by molar-refractivity contribution is 5.82. The van der Waals surface area contributed by atoms with Gasteiger partial charge in [-0.2, -0.15) is 0 Å². The van der Waals surface area contributed by atoms with Gasteiger partial charge in [-0.25, -0.2) is 4.79 Å². The summed E-state index contributed by atoms with van der Waals surface area (Å²) in [6.45, 7) is 7.67. The molecule has 2 amide bonds. The van der Waals surface area contributed by atoms with Crippen molar-refractivity contribution >= 4 is 12.0 Å². The Bertz CT molecular complexity index is 397. The summed E-state index contributed by atoms with van der Waals surface area (Å²) in [6.07, 6.45) is 3.10. The van der Waals surface area contributed by atoms with Crippen molar-refractivity contribution in [2.45, 2.75) is 64.1 Å². The number of hydrogen-bond acceptors (Lipinski definition) is 4. The summed E-state index contributed by atoms with van der Waals surface area (Å²) in [4.78, 5) is 27.8. The minimum Gasteiger partial charge on any atom is -0.444 e. The van der Waals surface area contributed by atoms with Crippen molar-refractivity contribution in [1.29, 1.82) is 0 Å². The lowest BCUT2D eigenvalue weighted by Crippen LogP contribution is -2.55. The third kappa shape index (κ3) is 4.09. The van der Waals surface area contributed by atoms with Crippen LogP contribution in [-0.4, -0.2) is 59.1 Å². The molecule has 0 saturated carbocycles. The van der Waals surface area contributed by atoms with Crippen LogP contribution in [0.5, 0.6) is 0 Å². The van der Waals surface area contributed by atoms with E-state index in [1.165, 1.54) is 0 Å². The smallest absolute Gasteiger partial charge is 0.410 e. The van der Waals surface area contributed by atoms with E-state index in [9.17, 15) is 9.59 Å². The van der Waals surface area contributed by atoms with Crippen molar-refractivity contribution in [3.8, 4) is 0 Å². The first-order valence-corrected chi connectivity index (χ1v) is 7.82. The maximum atomic E-state index is 12.1. The van der Waals surface area contributed by atoms with Gasteiger partial charge in [0.2, 0.25) is 5.91 Å². The van der Waals surface area contributed by atoms with Gasteiger partial charge in [-0.05, 0) is 46.5 Å². The third-order valence-corrected chi connectivity index (χ3v) is 4.07. The van der Waals surface area contributed by atoms with Crippen LogP contribution in [0.1, 0.15) is 46.5 Å². The molecule has 21 heavy (non-hydrogen) atoms. The van der Waals surface area contributed by atoms with E-state index in [0.29, 0.717) is 13.1 Å². The number of amides is 2. The predicted octanol–water partition coefficient (Wildman–Crippen LogP) is 1.34. The molecule has 0 radical (unpaired) electrons. The van der Waals surface area contributed by atoms with Gasteiger partial charge < -0.3 is 20.3 Å². The molecule has 2 fully saturated rings. The number of piperidine rings is 2. The van der Waals surface area contributed by atoms with Gasteiger partial charge in [0.05, 0.1) is 6.04 Å². The summed E-state index contributed by atoms with van der Waals surface area (Å²) < 4.78 is 5.38. The van der Waals surface area contributed by atoms with E-state index in [-0.39, 0.29) is 24.1 Å². The molecular weight excluding hydrogens is 270 g/mol. The van der Waals surface area contributed by atoms with Gasteiger partial charge in [-0.3, -0.25) is 4.79 Å². The first-order valence-electron chi connectivity index (χ1n) is 7.82. The molecule has 2 aliphatic heterocycles. The third-order valence-electron chi connectivity index (χ3n) is 4.07. The molecule has 2 N–H and O–H groups in total. The molecule has 0 aliphatic carbocycles. The number of rotatable bonds is 1. The average Bonchev–Trinajstić information content (AvgIpc) is 2.40. The number of carbonyl (C=O) groups is 2. The lowest BCUT2D eigenvalue weighted by molar-refractivity contribution is -0.138. The van der Waals surface area contributed by atoms with Crippen LogP contribution in [0.2, 0.25) is 0 Å². The number of ether oxygens (including phenoxy) is 1. The van der Waals surface area contributed by atoms with E-state index < -0.39 is 5.60 Å². The van der Waals surface area contributed by atoms with Crippen LogP contribution in [0.15, 0.2) is 0 Å². The van der Waals surface area contributed by atoms with Crippen LogP contribution in [0.3, 0.4) is 0 Å². The summed E-state index contributed by atoms with van der Waals surface area (Å²) in [5, 5.41) is 0. The van der Waals surface area contributed by atoms with E-state index in [4.69, 9.17) is 10.5 Å². The van der Waals surface area contributed by atoms with Crippen molar-refractivity contribution in [3.05, 3.63) is 0 Å². The number of likely N-dealkylation sites (tertiary alicyclic amines) is 2. The molecule has 2 heterocycles. The fourth-order valence-corrected chi connectivity index (χ4v) is 2.98. The molecule has 6 heteroatoms. The maximum Gasteiger partial charge on any atom is 0.410 e. The Balaban J connectivity index is 1.85. The second-order valence-electron chi connectivity index (χ2n) is 6.98. The van der Waals surface area contributed by atoms with Crippen LogP contribution in [0.4, 0.5) is 4.79 Å². The highest BCUT2D eigenvalue weighted by Gasteiger charge is 2.34. The Hall–Kier alpha value is -1.30. The van der Waals surface area contributed by atoms with Crippen LogP contribution in [0, 0.1) is 0 Å². The Labute approximate surface area is 126 Å².